The first-order valence-electron chi connectivity index (χ1n) is 9.66. The van der Waals surface area contributed by atoms with E-state index >= 15 is 0 Å². The van der Waals surface area contributed by atoms with Gasteiger partial charge in [0.1, 0.15) is 11.5 Å². The second-order valence-electron chi connectivity index (χ2n) is 7.09. The molecule has 2 aromatic carbocycles. The Labute approximate surface area is 190 Å². The quantitative estimate of drug-likeness (QED) is 0.375. The lowest BCUT2D eigenvalue weighted by molar-refractivity contribution is 0.371. The smallest absolute Gasteiger partial charge is 0.194 e. The number of phenolic OH excluding ortho intramolecular Hbond substituents is 1. The number of nitrogens with one attached hydrogen (secondary N) is 1. The van der Waals surface area contributed by atoms with Crippen molar-refractivity contribution in [1.82, 2.24) is 10.2 Å². The van der Waals surface area contributed by atoms with E-state index in [2.05, 4.69) is 52.2 Å². The number of hydrogen-bond donors (Lipinski definition) is 2. The van der Waals surface area contributed by atoms with E-state index in [1.165, 1.54) is 16.8 Å². The first-order chi connectivity index (χ1) is 13.5. The van der Waals surface area contributed by atoms with Crippen molar-refractivity contribution >= 4 is 35.6 Å². The molecule has 0 atom stereocenters. The maximum absolute atomic E-state index is 10.1. The normalized spacial score (nSPS) is 14.4. The van der Waals surface area contributed by atoms with Crippen LogP contribution in [0.5, 0.6) is 11.5 Å². The number of aliphatic imine (C=N–C) groups is 1. The number of aryl methyl sites for hydroxylation is 1. The molecule has 2 N–H and O–H groups in total. The third kappa shape index (κ3) is 5.46. The minimum absolute atomic E-state index is 0. The SMILES string of the molecule is CN=C(NCc1cc(OC)ccc1O)N1CCN(c2cccc(C)c2C)CC1.I. The van der Waals surface area contributed by atoms with Gasteiger partial charge in [0.05, 0.1) is 7.11 Å². The Morgan fingerprint density at radius 3 is 2.52 bits per heavy atom. The van der Waals surface area contributed by atoms with Crippen LogP contribution in [0, 0.1) is 13.8 Å². The average Bonchev–Trinajstić information content (AvgIpc) is 2.72. The molecule has 1 saturated heterocycles. The second kappa shape index (κ2) is 10.6. The van der Waals surface area contributed by atoms with Crippen LogP contribution in [0.25, 0.3) is 0 Å². The van der Waals surface area contributed by atoms with Crippen LogP contribution in [-0.2, 0) is 6.54 Å². The van der Waals surface area contributed by atoms with Crippen molar-refractivity contribution in [2.75, 3.05) is 45.2 Å². The van der Waals surface area contributed by atoms with E-state index in [1.54, 1.807) is 26.3 Å². The Kier molecular flexibility index (Phi) is 8.43. The second-order valence-corrected chi connectivity index (χ2v) is 7.09. The third-order valence-corrected chi connectivity index (χ3v) is 5.43. The van der Waals surface area contributed by atoms with Crippen molar-refractivity contribution in [1.29, 1.82) is 0 Å². The Bertz CT molecular complexity index is 849. The highest BCUT2D eigenvalue weighted by Crippen LogP contribution is 2.24. The van der Waals surface area contributed by atoms with Crippen LogP contribution in [0.2, 0.25) is 0 Å². The monoisotopic (exact) mass is 510 g/mol. The summed E-state index contributed by atoms with van der Waals surface area (Å²) in [5.74, 6) is 1.83. The first-order valence-corrected chi connectivity index (χ1v) is 9.66. The zero-order chi connectivity index (χ0) is 20.1. The minimum Gasteiger partial charge on any atom is -0.508 e. The Morgan fingerprint density at radius 2 is 1.86 bits per heavy atom. The molecule has 2 aromatic rings. The Hall–Kier alpha value is -2.16. The molecule has 29 heavy (non-hydrogen) atoms. The van der Waals surface area contributed by atoms with Crippen molar-refractivity contribution in [3.8, 4) is 11.5 Å². The number of guanidine groups is 1. The van der Waals surface area contributed by atoms with E-state index in [0.717, 1.165) is 43.5 Å². The van der Waals surface area contributed by atoms with Gasteiger partial charge in [0.25, 0.3) is 0 Å². The summed E-state index contributed by atoms with van der Waals surface area (Å²) in [7, 11) is 3.42. The van der Waals surface area contributed by atoms with Gasteiger partial charge in [0.2, 0.25) is 0 Å². The van der Waals surface area contributed by atoms with Crippen LogP contribution in [0.15, 0.2) is 41.4 Å². The fourth-order valence-electron chi connectivity index (χ4n) is 3.57. The molecule has 1 fully saturated rings. The molecule has 1 aliphatic heterocycles. The van der Waals surface area contributed by atoms with E-state index in [4.69, 9.17) is 4.74 Å². The minimum atomic E-state index is 0. The number of nitrogens with zero attached hydrogens (tertiary/aromatic N) is 3. The number of ether oxygens (including phenoxy) is 1. The number of halogens is 1. The summed E-state index contributed by atoms with van der Waals surface area (Å²) in [4.78, 5) is 9.14. The molecular formula is C22H31IN4O2. The van der Waals surface area contributed by atoms with Gasteiger partial charge in [-0.1, -0.05) is 12.1 Å². The molecule has 6 nitrogen and oxygen atoms in total. The number of aromatic hydroxyl groups is 1. The maximum Gasteiger partial charge on any atom is 0.194 e. The van der Waals surface area contributed by atoms with Gasteiger partial charge < -0.3 is 25.0 Å². The molecule has 0 saturated carbocycles. The van der Waals surface area contributed by atoms with Crippen LogP contribution < -0.4 is 15.0 Å². The predicted molar refractivity (Wildman–Crippen MR) is 130 cm³/mol. The lowest BCUT2D eigenvalue weighted by Gasteiger charge is -2.38. The third-order valence-electron chi connectivity index (χ3n) is 5.43. The predicted octanol–water partition coefficient (Wildman–Crippen LogP) is 3.53. The van der Waals surface area contributed by atoms with Crippen molar-refractivity contribution in [2.45, 2.75) is 20.4 Å². The van der Waals surface area contributed by atoms with Gasteiger partial charge in [-0.25, -0.2) is 0 Å². The van der Waals surface area contributed by atoms with Crippen molar-refractivity contribution < 1.29 is 9.84 Å². The highest BCUT2D eigenvalue weighted by Gasteiger charge is 2.21. The molecule has 0 bridgehead atoms. The van der Waals surface area contributed by atoms with E-state index in [9.17, 15) is 5.11 Å². The zero-order valence-electron chi connectivity index (χ0n) is 17.6. The van der Waals surface area contributed by atoms with Crippen LogP contribution in [0.4, 0.5) is 5.69 Å². The molecule has 0 aromatic heterocycles. The summed E-state index contributed by atoms with van der Waals surface area (Å²) in [5.41, 5.74) is 4.79. The van der Waals surface area contributed by atoms with Gasteiger partial charge >= 0.3 is 0 Å². The summed E-state index contributed by atoms with van der Waals surface area (Å²) in [6.07, 6.45) is 0. The first kappa shape index (κ1) is 23.1. The fraction of sp³-hybridized carbons (Fsp3) is 0.409. The van der Waals surface area contributed by atoms with Crippen LogP contribution >= 0.6 is 24.0 Å². The zero-order valence-corrected chi connectivity index (χ0v) is 19.9. The van der Waals surface area contributed by atoms with Gasteiger partial charge in [-0.3, -0.25) is 4.99 Å². The number of phenols is 1. The lowest BCUT2D eigenvalue weighted by atomic mass is 10.1. The average molecular weight is 510 g/mol. The molecule has 158 valence electrons. The van der Waals surface area contributed by atoms with Crippen molar-refractivity contribution in [3.05, 3.63) is 53.1 Å². The number of rotatable bonds is 4. The van der Waals surface area contributed by atoms with Gasteiger partial charge in [-0.15, -0.1) is 24.0 Å². The van der Waals surface area contributed by atoms with E-state index in [-0.39, 0.29) is 29.7 Å². The van der Waals surface area contributed by atoms with Gasteiger partial charge in [0.15, 0.2) is 5.96 Å². The van der Waals surface area contributed by atoms with Gasteiger partial charge in [-0.2, -0.15) is 0 Å². The number of methoxy groups -OCH3 is 1. The fourth-order valence-corrected chi connectivity index (χ4v) is 3.57. The summed E-state index contributed by atoms with van der Waals surface area (Å²) < 4.78 is 5.25. The molecule has 0 aliphatic carbocycles. The van der Waals surface area contributed by atoms with Crippen LogP contribution in [-0.4, -0.2) is 56.3 Å². The lowest BCUT2D eigenvalue weighted by Crippen LogP contribution is -2.52. The number of hydrogen-bond acceptors (Lipinski definition) is 4. The topological polar surface area (TPSA) is 60.3 Å². The highest BCUT2D eigenvalue weighted by atomic mass is 127. The Balaban J connectivity index is 0.00000300. The Morgan fingerprint density at radius 1 is 1.14 bits per heavy atom. The van der Waals surface area contributed by atoms with Crippen LogP contribution in [0.3, 0.4) is 0 Å². The molecule has 1 heterocycles. The van der Waals surface area contributed by atoms with Gasteiger partial charge in [-0.05, 0) is 49.2 Å². The van der Waals surface area contributed by atoms with Crippen molar-refractivity contribution in [3.63, 3.8) is 0 Å². The number of piperazine rings is 1. The van der Waals surface area contributed by atoms with E-state index in [1.807, 2.05) is 6.07 Å². The highest BCUT2D eigenvalue weighted by molar-refractivity contribution is 14.0. The number of benzene rings is 2. The molecule has 0 unspecified atom stereocenters. The standard InChI is InChI=1S/C22H30N4O2.HI/c1-16-6-5-7-20(17(16)2)25-10-12-26(13-11-25)22(23-3)24-15-18-14-19(28-4)8-9-21(18)27;/h5-9,14,27H,10-13,15H2,1-4H3,(H,23,24);1H. The maximum atomic E-state index is 10.1. The summed E-state index contributed by atoms with van der Waals surface area (Å²) in [5, 5.41) is 13.4. The summed E-state index contributed by atoms with van der Waals surface area (Å²) >= 11 is 0. The molecule has 0 radical (unpaired) electrons. The molecule has 0 spiro atoms. The van der Waals surface area contributed by atoms with Gasteiger partial charge in [0, 0.05) is 51.0 Å². The van der Waals surface area contributed by atoms with E-state index in [0.29, 0.717) is 6.54 Å². The molecular weight excluding hydrogens is 479 g/mol. The summed E-state index contributed by atoms with van der Waals surface area (Å²) in [6.45, 7) is 8.55. The van der Waals surface area contributed by atoms with E-state index < -0.39 is 0 Å². The summed E-state index contributed by atoms with van der Waals surface area (Å²) in [6, 6.07) is 11.7. The van der Waals surface area contributed by atoms with Crippen LogP contribution in [0.1, 0.15) is 16.7 Å². The van der Waals surface area contributed by atoms with Crippen molar-refractivity contribution in [2.24, 2.45) is 4.99 Å². The molecule has 7 heteroatoms. The molecule has 1 aliphatic rings. The number of anilines is 1. The largest absolute Gasteiger partial charge is 0.508 e. The molecule has 0 amide bonds. The molecule has 3 rings (SSSR count).